The summed E-state index contributed by atoms with van der Waals surface area (Å²) in [5, 5.41) is 7.86. The van der Waals surface area contributed by atoms with Crippen molar-refractivity contribution >= 4 is 36.0 Å². The summed E-state index contributed by atoms with van der Waals surface area (Å²) in [6.45, 7) is 15.1. The predicted molar refractivity (Wildman–Crippen MR) is 136 cm³/mol. The van der Waals surface area contributed by atoms with Crippen LogP contribution >= 0.6 is 0 Å². The topological polar surface area (TPSA) is 105 Å². The van der Waals surface area contributed by atoms with Crippen LogP contribution in [0.2, 0.25) is 0 Å². The fourth-order valence-electron chi connectivity index (χ4n) is 3.45. The first-order chi connectivity index (χ1) is 16.0. The lowest BCUT2D eigenvalue weighted by Gasteiger charge is -2.33. The lowest BCUT2D eigenvalue weighted by atomic mass is 10.2. The molecule has 0 unspecified atom stereocenters. The third kappa shape index (κ3) is 7.18. The Bertz CT molecular complexity index is 1050. The molecule has 1 aromatic heterocycles. The molecule has 33 heavy (non-hydrogen) atoms. The summed E-state index contributed by atoms with van der Waals surface area (Å²) in [6, 6.07) is 8.09. The Hall–Kier alpha value is -3.66. The van der Waals surface area contributed by atoms with Gasteiger partial charge in [-0.2, -0.15) is 5.10 Å². The number of H-pyrrole nitrogens is 1. The van der Waals surface area contributed by atoms with E-state index in [1.54, 1.807) is 0 Å². The number of aliphatic imine (C=N–C) groups is 3. The monoisotopic (exact) mass is 451 g/mol. The number of ether oxygens (including phenoxy) is 1. The van der Waals surface area contributed by atoms with Crippen molar-refractivity contribution in [3.63, 3.8) is 0 Å². The smallest absolute Gasteiger partial charge is 0.181 e. The van der Waals surface area contributed by atoms with Crippen molar-refractivity contribution in [2.45, 2.75) is 13.8 Å². The third-order valence-corrected chi connectivity index (χ3v) is 5.27. The number of hydrazone groups is 1. The number of nitrogens with zero attached hydrogens (tertiary/aromatic N) is 6. The Kier molecular flexibility index (Phi) is 8.59. The van der Waals surface area contributed by atoms with Crippen molar-refractivity contribution < 1.29 is 4.74 Å². The first-order valence-corrected chi connectivity index (χ1v) is 10.8. The quantitative estimate of drug-likeness (QED) is 0.308. The maximum absolute atomic E-state index is 5.94. The molecule has 0 aliphatic carbocycles. The van der Waals surface area contributed by atoms with Crippen LogP contribution in [0.3, 0.4) is 0 Å². The van der Waals surface area contributed by atoms with Crippen LogP contribution in [-0.4, -0.2) is 86.5 Å². The van der Waals surface area contributed by atoms with E-state index in [0.29, 0.717) is 18.3 Å². The molecule has 0 amide bonds. The van der Waals surface area contributed by atoms with E-state index in [9.17, 15) is 0 Å². The third-order valence-electron chi connectivity index (χ3n) is 5.27. The zero-order valence-corrected chi connectivity index (χ0v) is 19.6. The number of aromatic amines is 1. The second-order valence-electron chi connectivity index (χ2n) is 7.82. The van der Waals surface area contributed by atoms with Crippen LogP contribution in [-0.2, 0) is 0 Å². The number of nitrogens with one attached hydrogen (secondary N) is 3. The van der Waals surface area contributed by atoms with E-state index in [1.807, 2.05) is 38.1 Å². The molecule has 2 aromatic rings. The summed E-state index contributed by atoms with van der Waals surface area (Å²) in [5.41, 5.74) is 4.91. The second-order valence-corrected chi connectivity index (χ2v) is 7.82. The van der Waals surface area contributed by atoms with Crippen LogP contribution in [0.5, 0.6) is 5.75 Å². The summed E-state index contributed by atoms with van der Waals surface area (Å²) < 4.78 is 5.94. The summed E-state index contributed by atoms with van der Waals surface area (Å²) in [6.07, 6.45) is 1.88. The van der Waals surface area contributed by atoms with Gasteiger partial charge in [0.2, 0.25) is 0 Å². The van der Waals surface area contributed by atoms with Gasteiger partial charge in [-0.3, -0.25) is 10.4 Å². The van der Waals surface area contributed by atoms with E-state index < -0.39 is 0 Å². The predicted octanol–water partition coefficient (Wildman–Crippen LogP) is 2.17. The zero-order chi connectivity index (χ0) is 23.6. The molecule has 0 spiro atoms. The van der Waals surface area contributed by atoms with Gasteiger partial charge in [0.1, 0.15) is 29.9 Å². The van der Waals surface area contributed by atoms with Crippen LogP contribution in [0.25, 0.3) is 10.9 Å². The van der Waals surface area contributed by atoms with Crippen LogP contribution in [0.15, 0.2) is 56.2 Å². The van der Waals surface area contributed by atoms with Crippen molar-refractivity contribution in [1.82, 2.24) is 25.5 Å². The van der Waals surface area contributed by atoms with E-state index in [1.165, 1.54) is 0 Å². The van der Waals surface area contributed by atoms with Crippen molar-refractivity contribution in [2.75, 3.05) is 46.6 Å². The fraction of sp³-hybridized carbons (Fsp3) is 0.391. The molecule has 0 saturated carbocycles. The van der Waals surface area contributed by atoms with Crippen molar-refractivity contribution in [3.05, 3.63) is 41.9 Å². The molecule has 1 fully saturated rings. The molecule has 1 aliphatic heterocycles. The Morgan fingerprint density at radius 2 is 1.97 bits per heavy atom. The molecule has 1 aromatic carbocycles. The minimum Gasteiger partial charge on any atom is -0.471 e. The maximum atomic E-state index is 5.94. The standard InChI is InChI=1S/C23H33N9O/c1-17-12-19-13-20(6-7-21(19)29-17)33-16-28-23(32-10-8-31(5)9-11-32)14-22(24-3)27-15-26-18(2)30-25-4/h6-7,12-14,27,29H,3-4,8-11,15-16H2,1-2,5H3,(H,26,30)/b22-14+,28-23+. The Morgan fingerprint density at radius 1 is 1.18 bits per heavy atom. The minimum atomic E-state index is 0.198. The van der Waals surface area contributed by atoms with Gasteiger partial charge in [-0.25, -0.2) is 9.98 Å². The van der Waals surface area contributed by atoms with Gasteiger partial charge >= 0.3 is 0 Å². The number of hydrogen-bond donors (Lipinski definition) is 3. The van der Waals surface area contributed by atoms with Gasteiger partial charge in [-0.05, 0) is 51.9 Å². The van der Waals surface area contributed by atoms with Gasteiger partial charge < -0.3 is 24.8 Å². The highest BCUT2D eigenvalue weighted by atomic mass is 16.5. The van der Waals surface area contributed by atoms with E-state index in [-0.39, 0.29) is 6.73 Å². The zero-order valence-electron chi connectivity index (χ0n) is 19.6. The number of benzene rings is 1. The number of fused-ring (bicyclic) bond motifs is 1. The molecule has 1 aliphatic rings. The molecule has 10 heteroatoms. The number of aryl methyl sites for hydroxylation is 1. The van der Waals surface area contributed by atoms with E-state index in [0.717, 1.165) is 54.4 Å². The van der Waals surface area contributed by atoms with Gasteiger partial charge in [0, 0.05) is 55.6 Å². The molecule has 0 bridgehead atoms. The lowest BCUT2D eigenvalue weighted by molar-refractivity contribution is 0.214. The number of rotatable bonds is 9. The number of aromatic nitrogens is 1. The average Bonchev–Trinajstić information content (AvgIpc) is 3.17. The summed E-state index contributed by atoms with van der Waals surface area (Å²) >= 11 is 0. The van der Waals surface area contributed by atoms with Gasteiger partial charge in [0.15, 0.2) is 6.73 Å². The molecule has 0 atom stereocenters. The number of piperazine rings is 1. The molecule has 2 heterocycles. The molecule has 3 N–H and O–H groups in total. The lowest BCUT2D eigenvalue weighted by Crippen LogP contribution is -2.47. The number of hydrogen-bond acceptors (Lipinski definition) is 7. The van der Waals surface area contributed by atoms with E-state index in [4.69, 9.17) is 9.73 Å². The van der Waals surface area contributed by atoms with Crippen LogP contribution in [0, 0.1) is 6.92 Å². The number of amidine groups is 2. The summed E-state index contributed by atoms with van der Waals surface area (Å²) in [4.78, 5) is 21.0. The number of likely N-dealkylation sites (N-methyl/N-ethyl adjacent to an activating group) is 1. The van der Waals surface area contributed by atoms with Crippen LogP contribution in [0.4, 0.5) is 0 Å². The van der Waals surface area contributed by atoms with Gasteiger partial charge in [0.25, 0.3) is 0 Å². The molecule has 176 valence electrons. The van der Waals surface area contributed by atoms with Gasteiger partial charge in [-0.15, -0.1) is 0 Å². The van der Waals surface area contributed by atoms with Crippen LogP contribution < -0.4 is 15.5 Å². The van der Waals surface area contributed by atoms with Crippen LogP contribution in [0.1, 0.15) is 12.6 Å². The molecule has 10 nitrogen and oxygen atoms in total. The SMILES string of the molecule is C=NN/C(C)=N\CN/C(=C/C(=N\COc1ccc2[nH]c(C)cc2c1)N1CCN(C)CC1)N=C. The minimum absolute atomic E-state index is 0.198. The molecular formula is C23H33N9O. The maximum Gasteiger partial charge on any atom is 0.181 e. The summed E-state index contributed by atoms with van der Waals surface area (Å²) in [7, 11) is 2.12. The highest BCUT2D eigenvalue weighted by molar-refractivity contribution is 5.93. The van der Waals surface area contributed by atoms with Crippen molar-refractivity contribution in [1.29, 1.82) is 0 Å². The molecular weight excluding hydrogens is 418 g/mol. The molecule has 1 saturated heterocycles. The average molecular weight is 452 g/mol. The molecule has 0 radical (unpaired) electrons. The van der Waals surface area contributed by atoms with Crippen molar-refractivity contribution in [2.24, 2.45) is 20.1 Å². The van der Waals surface area contributed by atoms with Gasteiger partial charge in [0.05, 0.1) is 0 Å². The Labute approximate surface area is 194 Å². The summed E-state index contributed by atoms with van der Waals surface area (Å²) in [5.74, 6) is 2.81. The normalized spacial score (nSPS) is 16.1. The first-order valence-electron chi connectivity index (χ1n) is 10.8. The first kappa shape index (κ1) is 24.0. The van der Waals surface area contributed by atoms with E-state index >= 15 is 0 Å². The van der Waals surface area contributed by atoms with Gasteiger partial charge in [-0.1, -0.05) is 0 Å². The highest BCUT2D eigenvalue weighted by Crippen LogP contribution is 2.21. The fourth-order valence-corrected chi connectivity index (χ4v) is 3.45. The Morgan fingerprint density at radius 3 is 2.70 bits per heavy atom. The molecule has 3 rings (SSSR count). The second kappa shape index (κ2) is 11.8. The largest absolute Gasteiger partial charge is 0.471 e. The van der Waals surface area contributed by atoms with Crippen molar-refractivity contribution in [3.8, 4) is 5.75 Å². The Balaban J connectivity index is 1.72. The van der Waals surface area contributed by atoms with E-state index in [2.05, 4.69) is 67.2 Å². The highest BCUT2D eigenvalue weighted by Gasteiger charge is 2.17.